The second kappa shape index (κ2) is 8.08. The second-order valence-corrected chi connectivity index (χ2v) is 7.56. The molecule has 2 heterocycles. The van der Waals surface area contributed by atoms with Gasteiger partial charge in [-0.1, -0.05) is 36.4 Å². The minimum Gasteiger partial charge on any atom is -0.477 e. The van der Waals surface area contributed by atoms with E-state index in [1.165, 1.54) is 6.20 Å². The van der Waals surface area contributed by atoms with Crippen LogP contribution >= 0.6 is 0 Å². The number of hydrogen-bond donors (Lipinski definition) is 3. The number of ether oxygens (including phenoxy) is 1. The summed E-state index contributed by atoms with van der Waals surface area (Å²) >= 11 is 0. The Bertz CT molecular complexity index is 1530. The number of rotatable bonds is 6. The lowest BCUT2D eigenvalue weighted by Gasteiger charge is -2.14. The summed E-state index contributed by atoms with van der Waals surface area (Å²) in [6, 6.07) is 18.5. The van der Waals surface area contributed by atoms with Crippen LogP contribution in [0, 0.1) is 5.41 Å². The fourth-order valence-corrected chi connectivity index (χ4v) is 3.95. The van der Waals surface area contributed by atoms with Gasteiger partial charge in [0.1, 0.15) is 17.3 Å². The number of benzene rings is 3. The van der Waals surface area contributed by atoms with Crippen molar-refractivity contribution in [3.63, 3.8) is 0 Å². The molecule has 0 fully saturated rings. The molecule has 0 unspecified atom stereocenters. The van der Waals surface area contributed by atoms with Crippen LogP contribution in [0.4, 0.5) is 0 Å². The molecule has 0 radical (unpaired) electrons. The van der Waals surface area contributed by atoms with E-state index >= 15 is 0 Å². The van der Waals surface area contributed by atoms with Crippen LogP contribution in [0.2, 0.25) is 0 Å². The number of carbonyl (C=O) groups is 1. The third kappa shape index (κ3) is 3.85. The van der Waals surface area contributed by atoms with E-state index in [9.17, 15) is 9.90 Å². The maximum atomic E-state index is 12.0. The lowest BCUT2D eigenvalue weighted by molar-refractivity contribution is 0.0686. The van der Waals surface area contributed by atoms with Crippen molar-refractivity contribution in [2.24, 2.45) is 5.73 Å². The van der Waals surface area contributed by atoms with E-state index in [2.05, 4.69) is 9.97 Å². The van der Waals surface area contributed by atoms with Gasteiger partial charge in [-0.15, -0.1) is 0 Å². The summed E-state index contributed by atoms with van der Waals surface area (Å²) in [6.07, 6.45) is 4.65. The molecule has 0 atom stereocenters. The van der Waals surface area contributed by atoms with Crippen molar-refractivity contribution >= 4 is 33.5 Å². The molecule has 0 aliphatic heterocycles. The topological polar surface area (TPSA) is 127 Å². The minimum atomic E-state index is -1.04. The first-order chi connectivity index (χ1) is 16.0. The first-order valence-corrected chi connectivity index (χ1v) is 10.2. The number of amidine groups is 1. The second-order valence-electron chi connectivity index (χ2n) is 7.56. The highest BCUT2D eigenvalue weighted by atomic mass is 16.5. The molecule has 8 heteroatoms. The Morgan fingerprint density at radius 1 is 1.06 bits per heavy atom. The van der Waals surface area contributed by atoms with E-state index in [0.717, 1.165) is 21.7 Å². The van der Waals surface area contributed by atoms with Gasteiger partial charge in [0.2, 0.25) is 5.88 Å². The van der Waals surface area contributed by atoms with E-state index in [1.54, 1.807) is 41.2 Å². The quantitative estimate of drug-likeness (QED) is 0.267. The van der Waals surface area contributed by atoms with Crippen LogP contribution in [-0.4, -0.2) is 31.4 Å². The normalized spacial score (nSPS) is 11.0. The van der Waals surface area contributed by atoms with Gasteiger partial charge in [0, 0.05) is 35.4 Å². The molecular formula is C25H19N5O3. The number of nitrogens with two attached hydrogens (primary N) is 1. The van der Waals surface area contributed by atoms with Gasteiger partial charge in [-0.3, -0.25) is 10.4 Å². The van der Waals surface area contributed by atoms with E-state index in [1.807, 2.05) is 36.4 Å². The molecular weight excluding hydrogens is 418 g/mol. The van der Waals surface area contributed by atoms with Gasteiger partial charge in [0.05, 0.1) is 6.20 Å². The predicted octanol–water partition coefficient (Wildman–Crippen LogP) is 4.41. The van der Waals surface area contributed by atoms with Crippen LogP contribution in [-0.2, 0) is 6.54 Å². The first kappa shape index (κ1) is 20.2. The fourth-order valence-electron chi connectivity index (χ4n) is 3.95. The monoisotopic (exact) mass is 437 g/mol. The number of carboxylic acid groups (broad SMARTS) is 1. The van der Waals surface area contributed by atoms with Gasteiger partial charge in [-0.25, -0.2) is 9.78 Å². The molecule has 162 valence electrons. The fraction of sp³-hybridized carbons (Fsp3) is 0.0400. The minimum absolute atomic E-state index is 0.0775. The van der Waals surface area contributed by atoms with E-state index in [4.69, 9.17) is 15.9 Å². The van der Waals surface area contributed by atoms with Crippen LogP contribution < -0.4 is 10.5 Å². The van der Waals surface area contributed by atoms with Gasteiger partial charge in [-0.05, 0) is 40.6 Å². The van der Waals surface area contributed by atoms with Crippen molar-refractivity contribution in [2.75, 3.05) is 0 Å². The third-order valence-electron chi connectivity index (χ3n) is 5.45. The Balaban J connectivity index is 1.67. The molecule has 4 N–H and O–H groups in total. The summed E-state index contributed by atoms with van der Waals surface area (Å²) in [4.78, 5) is 20.2. The highest BCUT2D eigenvalue weighted by molar-refractivity contribution is 6.01. The van der Waals surface area contributed by atoms with Gasteiger partial charge >= 0.3 is 5.97 Å². The van der Waals surface area contributed by atoms with Gasteiger partial charge < -0.3 is 20.1 Å². The number of nitrogen functional groups attached to an aromatic ring is 1. The van der Waals surface area contributed by atoms with Crippen molar-refractivity contribution in [2.45, 2.75) is 6.54 Å². The summed E-state index contributed by atoms with van der Waals surface area (Å²) in [5, 5.41) is 20.3. The van der Waals surface area contributed by atoms with Crippen molar-refractivity contribution < 1.29 is 14.6 Å². The average molecular weight is 437 g/mol. The molecule has 0 saturated carbocycles. The number of carboxylic acids is 1. The molecule has 0 saturated heterocycles. The highest BCUT2D eigenvalue weighted by Crippen LogP contribution is 2.30. The van der Waals surface area contributed by atoms with Crippen molar-refractivity contribution in [1.82, 2.24) is 14.5 Å². The van der Waals surface area contributed by atoms with Crippen LogP contribution in [0.25, 0.3) is 21.7 Å². The zero-order valence-corrected chi connectivity index (χ0v) is 17.4. The van der Waals surface area contributed by atoms with Gasteiger partial charge in [0.25, 0.3) is 0 Å². The molecule has 8 nitrogen and oxygen atoms in total. The van der Waals surface area contributed by atoms with E-state index in [0.29, 0.717) is 22.7 Å². The SMILES string of the molecule is N=C(N)c1ccc2cc(C(=O)O)n(Cc3cc(Oc4cnccn4)cc4ccccc34)c2c1. The molecule has 0 aliphatic rings. The number of hydrogen-bond acceptors (Lipinski definition) is 5. The Morgan fingerprint density at radius 3 is 2.67 bits per heavy atom. The molecule has 5 aromatic rings. The molecule has 0 bridgehead atoms. The van der Waals surface area contributed by atoms with Crippen molar-refractivity contribution in [1.29, 1.82) is 5.41 Å². The van der Waals surface area contributed by atoms with Crippen LogP contribution in [0.5, 0.6) is 11.6 Å². The summed E-state index contributed by atoms with van der Waals surface area (Å²) in [7, 11) is 0. The number of fused-ring (bicyclic) bond motifs is 2. The average Bonchev–Trinajstić information content (AvgIpc) is 3.18. The Labute approximate surface area is 188 Å². The predicted molar refractivity (Wildman–Crippen MR) is 125 cm³/mol. The standard InChI is InChI=1S/C25H19N5O3/c26-24(27)17-6-5-16-11-22(25(31)32)30(21(16)12-17)14-18-10-19(33-23-13-28-7-8-29-23)9-15-3-1-2-4-20(15)18/h1-13H,14H2,(H3,26,27)(H,31,32). The van der Waals surface area contributed by atoms with Crippen molar-refractivity contribution in [3.05, 3.63) is 96.1 Å². The highest BCUT2D eigenvalue weighted by Gasteiger charge is 2.17. The van der Waals surface area contributed by atoms with Crippen LogP contribution in [0.1, 0.15) is 21.6 Å². The third-order valence-corrected chi connectivity index (χ3v) is 5.45. The number of nitrogens with zero attached hydrogens (tertiary/aromatic N) is 3. The maximum absolute atomic E-state index is 12.0. The van der Waals surface area contributed by atoms with E-state index in [-0.39, 0.29) is 18.1 Å². The number of aromatic carboxylic acids is 1. The lowest BCUT2D eigenvalue weighted by atomic mass is 10.0. The number of aromatic nitrogens is 3. The lowest BCUT2D eigenvalue weighted by Crippen LogP contribution is -2.12. The molecule has 0 amide bonds. The molecule has 0 spiro atoms. The zero-order valence-electron chi connectivity index (χ0n) is 17.4. The smallest absolute Gasteiger partial charge is 0.352 e. The summed E-state index contributed by atoms with van der Waals surface area (Å²) < 4.78 is 7.64. The van der Waals surface area contributed by atoms with Gasteiger partial charge in [0.15, 0.2) is 0 Å². The van der Waals surface area contributed by atoms with Crippen LogP contribution in [0.3, 0.4) is 0 Å². The Morgan fingerprint density at radius 2 is 1.91 bits per heavy atom. The zero-order chi connectivity index (χ0) is 22.9. The maximum Gasteiger partial charge on any atom is 0.352 e. The largest absolute Gasteiger partial charge is 0.477 e. The van der Waals surface area contributed by atoms with Crippen molar-refractivity contribution in [3.8, 4) is 11.6 Å². The summed E-state index contributed by atoms with van der Waals surface area (Å²) in [6.45, 7) is 0.282. The molecule has 0 aliphatic carbocycles. The molecule has 5 rings (SSSR count). The Hall–Kier alpha value is -4.72. The summed E-state index contributed by atoms with van der Waals surface area (Å²) in [5.74, 6) is -0.178. The summed E-state index contributed by atoms with van der Waals surface area (Å²) in [5.41, 5.74) is 7.91. The Kier molecular flexibility index (Phi) is 4.95. The molecule has 3 aromatic carbocycles. The molecule has 33 heavy (non-hydrogen) atoms. The van der Waals surface area contributed by atoms with Crippen LogP contribution in [0.15, 0.2) is 79.3 Å². The van der Waals surface area contributed by atoms with E-state index < -0.39 is 5.97 Å². The van der Waals surface area contributed by atoms with Gasteiger partial charge in [-0.2, -0.15) is 0 Å². The first-order valence-electron chi connectivity index (χ1n) is 10.2. The molecule has 2 aromatic heterocycles. The number of nitrogens with one attached hydrogen (secondary N) is 1.